The third kappa shape index (κ3) is 5.66. The van der Waals surface area contributed by atoms with Gasteiger partial charge in [0.25, 0.3) is 0 Å². The first-order valence-corrected chi connectivity index (χ1v) is 18.6. The maximum Gasteiger partial charge on any atom is 0.240 e. The number of ether oxygens (including phenoxy) is 1. The average molecular weight is 666 g/mol. The molecule has 2 amide bonds. The number of ketones is 1. The fourth-order valence-electron chi connectivity index (χ4n) is 8.06. The molecule has 1 spiro atoms. The number of hydrogen-bond donors (Lipinski definition) is 1. The zero-order chi connectivity index (χ0) is 33.4. The van der Waals surface area contributed by atoms with Crippen molar-refractivity contribution in [2.45, 2.75) is 114 Å². The summed E-state index contributed by atoms with van der Waals surface area (Å²) in [6, 6.07) is 3.75. The van der Waals surface area contributed by atoms with Gasteiger partial charge in [-0.3, -0.25) is 19.1 Å². The van der Waals surface area contributed by atoms with E-state index >= 15 is 0 Å². The van der Waals surface area contributed by atoms with Crippen LogP contribution in [0.15, 0.2) is 30.4 Å². The second-order valence-electron chi connectivity index (χ2n) is 15.1. The van der Waals surface area contributed by atoms with E-state index in [1.807, 2.05) is 26.0 Å². The highest BCUT2D eigenvalue weighted by molar-refractivity contribution is 7.91. The van der Waals surface area contributed by atoms with Gasteiger partial charge in [-0.1, -0.05) is 31.9 Å². The number of amides is 2. The Morgan fingerprint density at radius 3 is 2.68 bits per heavy atom. The topological polar surface area (TPSA) is 123 Å². The summed E-state index contributed by atoms with van der Waals surface area (Å²) >= 11 is 0. The molecule has 47 heavy (non-hydrogen) atoms. The summed E-state index contributed by atoms with van der Waals surface area (Å²) < 4.78 is 48.3. The standard InChI is InChI=1S/C36H44FN3O6S/c1-22-9-7-5-4-6-8-10-24-18-36(24,33(43)39-47(44,45)34(3)15-16-34)20-30(41)29-19-35(21-40(29)32(22)42)14-13-27-26-12-11-25(37)17-28(26)38-23(2)31(27)46-35/h8,10-12,17,22,24,29H,4-7,9,13-16,18-21H2,1-3H3,(H,39,43)/b10-8-/t22-,24+,29-,35+,36+/m0/s1. The smallest absolute Gasteiger partial charge is 0.240 e. The minimum absolute atomic E-state index is 0.0958. The average Bonchev–Trinajstić information content (AvgIpc) is 3.91. The summed E-state index contributed by atoms with van der Waals surface area (Å²) in [5.74, 6) is -1.23. The number of nitrogens with one attached hydrogen (secondary N) is 1. The zero-order valence-electron chi connectivity index (χ0n) is 27.4. The van der Waals surface area contributed by atoms with Crippen LogP contribution in [-0.2, 0) is 30.8 Å². The highest BCUT2D eigenvalue weighted by Crippen LogP contribution is 2.58. The van der Waals surface area contributed by atoms with Gasteiger partial charge in [0.1, 0.15) is 17.2 Å². The molecule has 2 aliphatic carbocycles. The lowest BCUT2D eigenvalue weighted by Crippen LogP contribution is -2.47. The molecule has 0 unspecified atom stereocenters. The van der Waals surface area contributed by atoms with E-state index in [2.05, 4.69) is 9.71 Å². The summed E-state index contributed by atoms with van der Waals surface area (Å²) in [6.07, 6.45) is 11.1. The molecule has 3 aliphatic heterocycles. The molecule has 1 aromatic carbocycles. The maximum absolute atomic E-state index is 14.4. The first-order chi connectivity index (χ1) is 22.3. The van der Waals surface area contributed by atoms with Gasteiger partial charge in [-0.15, -0.1) is 0 Å². The Labute approximate surface area is 275 Å². The van der Waals surface area contributed by atoms with Crippen molar-refractivity contribution in [3.05, 3.63) is 47.4 Å². The van der Waals surface area contributed by atoms with Gasteiger partial charge in [0.05, 0.1) is 34.0 Å². The van der Waals surface area contributed by atoms with E-state index in [9.17, 15) is 27.2 Å². The summed E-state index contributed by atoms with van der Waals surface area (Å²) in [7, 11) is -3.88. The number of nitrogens with zero attached hydrogens (tertiary/aromatic N) is 2. The molecule has 0 radical (unpaired) electrons. The third-order valence-electron chi connectivity index (χ3n) is 11.6. The second-order valence-corrected chi connectivity index (χ2v) is 17.3. The predicted octanol–water partition coefficient (Wildman–Crippen LogP) is 5.47. The molecule has 2 aromatic rings. The van der Waals surface area contributed by atoms with Crippen molar-refractivity contribution in [3.63, 3.8) is 0 Å². The SMILES string of the molecule is Cc1nc2cc(F)ccc2c2c1O[C@]1(CC2)C[C@H]2C(=O)C[C@]3(C(=O)NS(=O)(=O)C4(C)CC4)C[C@H]3/C=C\CCCCC[C@H](C)C(=O)N2C1. The number of fused-ring (bicyclic) bond motifs is 5. The Balaban J connectivity index is 1.21. The zero-order valence-corrected chi connectivity index (χ0v) is 28.3. The van der Waals surface area contributed by atoms with Crippen molar-refractivity contribution < 1.29 is 31.9 Å². The lowest BCUT2D eigenvalue weighted by atomic mass is 9.85. The van der Waals surface area contributed by atoms with E-state index < -0.39 is 37.7 Å². The normalized spacial score (nSPS) is 32.8. The van der Waals surface area contributed by atoms with Gasteiger partial charge in [0, 0.05) is 35.8 Å². The van der Waals surface area contributed by atoms with Crippen LogP contribution in [0.4, 0.5) is 4.39 Å². The largest absolute Gasteiger partial charge is 0.483 e. The summed E-state index contributed by atoms with van der Waals surface area (Å²) in [4.78, 5) is 48.6. The van der Waals surface area contributed by atoms with Gasteiger partial charge >= 0.3 is 0 Å². The second kappa shape index (κ2) is 11.4. The lowest BCUT2D eigenvalue weighted by Gasteiger charge is -2.36. The van der Waals surface area contributed by atoms with Gasteiger partial charge in [0.15, 0.2) is 5.78 Å². The molecular weight excluding hydrogens is 621 g/mol. The van der Waals surface area contributed by atoms with Gasteiger partial charge in [-0.25, -0.2) is 17.8 Å². The number of sulfonamides is 1. The fraction of sp³-hybridized carbons (Fsp3) is 0.611. The number of carbonyl (C=O) groups excluding carboxylic acids is 3. The van der Waals surface area contributed by atoms with Crippen molar-refractivity contribution in [1.29, 1.82) is 0 Å². The number of aromatic nitrogens is 1. The van der Waals surface area contributed by atoms with Crippen molar-refractivity contribution in [3.8, 4) is 5.75 Å². The monoisotopic (exact) mass is 665 g/mol. The van der Waals surface area contributed by atoms with Crippen LogP contribution in [0, 0.1) is 30.0 Å². The van der Waals surface area contributed by atoms with E-state index in [-0.39, 0.29) is 48.7 Å². The minimum atomic E-state index is -3.88. The van der Waals surface area contributed by atoms with Gasteiger partial charge < -0.3 is 9.64 Å². The molecule has 1 aromatic heterocycles. The van der Waals surface area contributed by atoms with Crippen LogP contribution in [0.25, 0.3) is 10.9 Å². The Bertz CT molecular complexity index is 1810. The molecule has 9 nitrogen and oxygen atoms in total. The molecule has 7 rings (SSSR count). The molecule has 5 aliphatic rings. The number of rotatable bonds is 3. The Morgan fingerprint density at radius 2 is 1.91 bits per heavy atom. The molecule has 3 fully saturated rings. The highest BCUT2D eigenvalue weighted by Gasteiger charge is 2.63. The summed E-state index contributed by atoms with van der Waals surface area (Å²) in [5.41, 5.74) is 0.144. The molecule has 11 heteroatoms. The fourth-order valence-corrected chi connectivity index (χ4v) is 9.39. The number of halogens is 1. The van der Waals surface area contributed by atoms with E-state index in [0.29, 0.717) is 55.5 Å². The molecule has 0 bridgehead atoms. The minimum Gasteiger partial charge on any atom is -0.483 e. The molecular formula is C36H44FN3O6S. The Hall–Kier alpha value is -3.34. The number of carbonyl (C=O) groups is 3. The van der Waals surface area contributed by atoms with Crippen molar-refractivity contribution in [2.75, 3.05) is 6.54 Å². The van der Waals surface area contributed by atoms with Crippen molar-refractivity contribution in [2.24, 2.45) is 17.3 Å². The molecule has 4 heterocycles. The third-order valence-corrected chi connectivity index (χ3v) is 13.7. The number of allylic oxidation sites excluding steroid dienone is 2. The van der Waals surface area contributed by atoms with Gasteiger partial charge in [-0.2, -0.15) is 0 Å². The van der Waals surface area contributed by atoms with Crippen LogP contribution in [-0.4, -0.2) is 58.8 Å². The highest BCUT2D eigenvalue weighted by atomic mass is 32.2. The van der Waals surface area contributed by atoms with Gasteiger partial charge in [-0.05, 0) is 83.3 Å². The van der Waals surface area contributed by atoms with Gasteiger partial charge in [0.2, 0.25) is 21.8 Å². The van der Waals surface area contributed by atoms with Crippen LogP contribution < -0.4 is 9.46 Å². The molecule has 252 valence electrons. The van der Waals surface area contributed by atoms with Crippen LogP contribution in [0.2, 0.25) is 0 Å². The van der Waals surface area contributed by atoms with Crippen LogP contribution >= 0.6 is 0 Å². The van der Waals surface area contributed by atoms with E-state index in [1.54, 1.807) is 17.9 Å². The maximum atomic E-state index is 14.4. The quantitative estimate of drug-likeness (QED) is 0.432. The van der Waals surface area contributed by atoms with Crippen molar-refractivity contribution >= 4 is 38.5 Å². The Kier molecular flexibility index (Phi) is 7.80. The molecule has 1 N–H and O–H groups in total. The van der Waals surface area contributed by atoms with E-state index in [4.69, 9.17) is 4.74 Å². The van der Waals surface area contributed by atoms with E-state index in [0.717, 1.165) is 36.6 Å². The number of Topliss-reactive ketones (excluding diaryl/α,β-unsaturated/α-hetero) is 1. The predicted molar refractivity (Wildman–Crippen MR) is 174 cm³/mol. The first-order valence-electron chi connectivity index (χ1n) is 17.1. The number of benzene rings is 1. The van der Waals surface area contributed by atoms with Crippen LogP contribution in [0.3, 0.4) is 0 Å². The molecule has 5 atom stereocenters. The number of pyridine rings is 1. The lowest BCUT2D eigenvalue weighted by molar-refractivity contribution is -0.142. The number of hydrogen-bond acceptors (Lipinski definition) is 7. The number of aryl methyl sites for hydroxylation is 2. The van der Waals surface area contributed by atoms with Crippen LogP contribution in [0.1, 0.15) is 95.7 Å². The van der Waals surface area contributed by atoms with Crippen LogP contribution in [0.5, 0.6) is 5.75 Å². The first kappa shape index (κ1) is 32.2. The molecule has 1 saturated heterocycles. The summed E-state index contributed by atoms with van der Waals surface area (Å²) in [6.45, 7) is 5.62. The summed E-state index contributed by atoms with van der Waals surface area (Å²) in [5, 5.41) is 0.825. The Morgan fingerprint density at radius 1 is 1.13 bits per heavy atom. The van der Waals surface area contributed by atoms with Crippen molar-refractivity contribution in [1.82, 2.24) is 14.6 Å². The molecule has 2 saturated carbocycles. The van der Waals surface area contributed by atoms with E-state index in [1.165, 1.54) is 12.1 Å².